The van der Waals surface area contributed by atoms with Gasteiger partial charge >= 0.3 is 5.97 Å². The minimum Gasteiger partial charge on any atom is -0.457 e. The van der Waals surface area contributed by atoms with Crippen molar-refractivity contribution in [1.82, 2.24) is 0 Å². The Morgan fingerprint density at radius 3 is 1.38 bits per heavy atom. The van der Waals surface area contributed by atoms with Crippen LogP contribution >= 0.6 is 0 Å². The van der Waals surface area contributed by atoms with Crippen LogP contribution in [0.3, 0.4) is 0 Å². The summed E-state index contributed by atoms with van der Waals surface area (Å²) >= 11 is 0. The van der Waals surface area contributed by atoms with Gasteiger partial charge in [0.05, 0.1) is 19.8 Å². The normalized spacial score (nSPS) is 19.7. The molecule has 63 heavy (non-hydrogen) atoms. The number of hydrogen-bond donors (Lipinski definition) is 4. The van der Waals surface area contributed by atoms with Gasteiger partial charge in [-0.1, -0.05) is 224 Å². The zero-order valence-electron chi connectivity index (χ0n) is 41.1. The summed E-state index contributed by atoms with van der Waals surface area (Å²) in [4.78, 5) is 12.9. The summed E-state index contributed by atoms with van der Waals surface area (Å²) in [5.41, 5.74) is 0. The molecule has 4 N–H and O–H groups in total. The maximum Gasteiger partial charge on any atom is 0.306 e. The van der Waals surface area contributed by atoms with Gasteiger partial charge in [-0.15, -0.1) is 0 Å². The largest absolute Gasteiger partial charge is 0.457 e. The third-order valence-electron chi connectivity index (χ3n) is 12.6. The topological polar surface area (TPSA) is 135 Å². The Morgan fingerprint density at radius 1 is 0.508 bits per heavy atom. The van der Waals surface area contributed by atoms with Gasteiger partial charge in [-0.05, 0) is 44.9 Å². The van der Waals surface area contributed by atoms with E-state index in [-0.39, 0.29) is 19.2 Å². The van der Waals surface area contributed by atoms with Crippen LogP contribution < -0.4 is 0 Å². The summed E-state index contributed by atoms with van der Waals surface area (Å²) in [5.74, 6) is -0.311. The van der Waals surface area contributed by atoms with Crippen LogP contribution in [0.4, 0.5) is 0 Å². The van der Waals surface area contributed by atoms with E-state index in [4.69, 9.17) is 18.9 Å². The number of allylic oxidation sites excluding steroid dienone is 4. The molecule has 0 saturated carbocycles. The van der Waals surface area contributed by atoms with Crippen molar-refractivity contribution in [3.63, 3.8) is 0 Å². The van der Waals surface area contributed by atoms with Gasteiger partial charge in [0.15, 0.2) is 6.29 Å². The molecule has 1 aliphatic heterocycles. The van der Waals surface area contributed by atoms with E-state index in [1.54, 1.807) is 0 Å². The van der Waals surface area contributed by atoms with Crippen LogP contribution in [0.1, 0.15) is 251 Å². The smallest absolute Gasteiger partial charge is 0.306 e. The molecule has 1 fully saturated rings. The average molecular weight is 895 g/mol. The minimum absolute atomic E-state index is 0.113. The Labute approximate surface area is 387 Å². The quantitative estimate of drug-likeness (QED) is 0.0267. The molecule has 9 heteroatoms. The van der Waals surface area contributed by atoms with Crippen LogP contribution in [0.25, 0.3) is 0 Å². The first-order valence-corrected chi connectivity index (χ1v) is 26.9. The highest BCUT2D eigenvalue weighted by molar-refractivity contribution is 5.69. The van der Waals surface area contributed by atoms with Crippen LogP contribution in [-0.2, 0) is 23.7 Å². The van der Waals surface area contributed by atoms with Crippen molar-refractivity contribution < 1.29 is 44.2 Å². The van der Waals surface area contributed by atoms with E-state index in [2.05, 4.69) is 38.2 Å². The lowest BCUT2D eigenvalue weighted by Crippen LogP contribution is -2.59. The number of aliphatic hydroxyl groups excluding tert-OH is 4. The standard InChI is InChI=1S/C54H102O9/c1-3-5-7-9-11-13-15-17-19-21-22-23-24-25-26-27-29-31-33-35-37-39-41-43-50(56)62-48(47-61-54-53(59)52(58)51(57)49(45-55)63-54)46-60-44-42-40-38-36-34-32-30-28-20-18-16-14-12-10-8-6-4-2/h14,16,20,28,48-49,51-55,57-59H,3-13,15,17-19,21-27,29-47H2,1-2H3/b16-14-,28-20-. The second-order valence-electron chi connectivity index (χ2n) is 18.7. The van der Waals surface area contributed by atoms with E-state index in [0.29, 0.717) is 13.0 Å². The predicted octanol–water partition coefficient (Wildman–Crippen LogP) is 13.3. The van der Waals surface area contributed by atoms with Crippen molar-refractivity contribution in [1.29, 1.82) is 0 Å². The van der Waals surface area contributed by atoms with Gasteiger partial charge < -0.3 is 39.4 Å². The Morgan fingerprint density at radius 2 is 0.921 bits per heavy atom. The van der Waals surface area contributed by atoms with Crippen molar-refractivity contribution in [2.45, 2.75) is 288 Å². The van der Waals surface area contributed by atoms with Gasteiger partial charge in [-0.25, -0.2) is 0 Å². The number of ether oxygens (including phenoxy) is 4. The van der Waals surface area contributed by atoms with Gasteiger partial charge in [0, 0.05) is 13.0 Å². The number of aliphatic hydroxyl groups is 4. The Balaban J connectivity index is 2.17. The van der Waals surface area contributed by atoms with Crippen LogP contribution in [0, 0.1) is 0 Å². The van der Waals surface area contributed by atoms with Gasteiger partial charge in [0.25, 0.3) is 0 Å². The van der Waals surface area contributed by atoms with E-state index >= 15 is 0 Å². The van der Waals surface area contributed by atoms with Crippen molar-refractivity contribution in [3.8, 4) is 0 Å². The van der Waals surface area contributed by atoms with E-state index in [9.17, 15) is 25.2 Å². The van der Waals surface area contributed by atoms with Crippen molar-refractivity contribution >= 4 is 5.97 Å². The molecule has 0 aromatic carbocycles. The highest BCUT2D eigenvalue weighted by Gasteiger charge is 2.44. The highest BCUT2D eigenvalue weighted by Crippen LogP contribution is 2.23. The average Bonchev–Trinajstić information content (AvgIpc) is 3.28. The lowest BCUT2D eigenvalue weighted by atomic mass is 9.99. The van der Waals surface area contributed by atoms with Gasteiger partial charge in [0.1, 0.15) is 30.5 Å². The number of carbonyl (C=O) groups is 1. The fraction of sp³-hybridized carbons (Fsp3) is 0.907. The number of hydrogen-bond acceptors (Lipinski definition) is 9. The summed E-state index contributed by atoms with van der Waals surface area (Å²) in [7, 11) is 0. The summed E-state index contributed by atoms with van der Waals surface area (Å²) in [6.07, 6.45) is 47.9. The van der Waals surface area contributed by atoms with Crippen molar-refractivity contribution in [3.05, 3.63) is 24.3 Å². The molecule has 1 aliphatic rings. The lowest BCUT2D eigenvalue weighted by Gasteiger charge is -2.39. The molecule has 0 amide bonds. The van der Waals surface area contributed by atoms with E-state index < -0.39 is 43.4 Å². The third-order valence-corrected chi connectivity index (χ3v) is 12.6. The molecule has 0 aromatic heterocycles. The summed E-state index contributed by atoms with van der Waals surface area (Å²) in [6, 6.07) is 0. The second kappa shape index (κ2) is 45.8. The molecule has 6 atom stereocenters. The van der Waals surface area contributed by atoms with Crippen molar-refractivity contribution in [2.75, 3.05) is 26.4 Å². The molecule has 0 aliphatic carbocycles. The molecule has 0 radical (unpaired) electrons. The molecule has 6 unspecified atom stereocenters. The molecule has 1 rings (SSSR count). The molecular weight excluding hydrogens is 793 g/mol. The molecule has 0 bridgehead atoms. The Kier molecular flexibility index (Phi) is 43.4. The zero-order valence-corrected chi connectivity index (χ0v) is 41.1. The SMILES string of the molecule is CCCCCC/C=C\C/C=C\CCCCCCCCOCC(COC1OC(CO)C(O)C(O)C1O)OC(=O)CCCCCCCCCCCCCCCCCCCCCCCCC. The fourth-order valence-electron chi connectivity index (χ4n) is 8.41. The van der Waals surface area contributed by atoms with Crippen LogP contribution in [0.5, 0.6) is 0 Å². The first-order chi connectivity index (χ1) is 30.9. The monoisotopic (exact) mass is 895 g/mol. The van der Waals surface area contributed by atoms with E-state index in [1.807, 2.05) is 0 Å². The molecule has 0 aromatic rings. The maximum absolute atomic E-state index is 12.9. The van der Waals surface area contributed by atoms with Gasteiger partial charge in [-0.3, -0.25) is 4.79 Å². The Hall–Kier alpha value is -1.33. The van der Waals surface area contributed by atoms with Crippen LogP contribution in [0.15, 0.2) is 24.3 Å². The fourth-order valence-corrected chi connectivity index (χ4v) is 8.41. The molecule has 1 heterocycles. The van der Waals surface area contributed by atoms with Crippen molar-refractivity contribution in [2.24, 2.45) is 0 Å². The predicted molar refractivity (Wildman–Crippen MR) is 261 cm³/mol. The Bertz CT molecular complexity index is 1020. The molecule has 9 nitrogen and oxygen atoms in total. The molecule has 1 saturated heterocycles. The van der Waals surface area contributed by atoms with Crippen LogP contribution in [0.2, 0.25) is 0 Å². The third kappa shape index (κ3) is 36.5. The highest BCUT2D eigenvalue weighted by atomic mass is 16.7. The zero-order chi connectivity index (χ0) is 45.7. The minimum atomic E-state index is -1.54. The second-order valence-corrected chi connectivity index (χ2v) is 18.7. The maximum atomic E-state index is 12.9. The summed E-state index contributed by atoms with van der Waals surface area (Å²) in [6.45, 7) is 4.57. The number of rotatable bonds is 47. The number of esters is 1. The molecular formula is C54H102O9. The van der Waals surface area contributed by atoms with E-state index in [1.165, 1.54) is 180 Å². The number of carbonyl (C=O) groups excluding carboxylic acids is 1. The first-order valence-electron chi connectivity index (χ1n) is 26.9. The van der Waals surface area contributed by atoms with Gasteiger partial charge in [0.2, 0.25) is 0 Å². The van der Waals surface area contributed by atoms with Gasteiger partial charge in [-0.2, -0.15) is 0 Å². The molecule has 0 spiro atoms. The molecule has 372 valence electrons. The summed E-state index contributed by atoms with van der Waals surface area (Å²) < 4.78 is 22.9. The first kappa shape index (κ1) is 59.7. The lowest BCUT2D eigenvalue weighted by molar-refractivity contribution is -0.305. The van der Waals surface area contributed by atoms with Crippen LogP contribution in [-0.4, -0.2) is 89.6 Å². The summed E-state index contributed by atoms with van der Waals surface area (Å²) in [5, 5.41) is 40.3. The van der Waals surface area contributed by atoms with E-state index in [0.717, 1.165) is 51.4 Å². The number of unbranched alkanes of at least 4 members (excludes halogenated alkanes) is 32.